The maximum atomic E-state index is 13.5. The smallest absolute Gasteiger partial charge is 0.317 e. The highest BCUT2D eigenvalue weighted by molar-refractivity contribution is 5.84. The molecule has 0 aromatic heterocycles. The van der Waals surface area contributed by atoms with Crippen LogP contribution in [0, 0.1) is 5.92 Å². The Morgan fingerprint density at radius 2 is 1.67 bits per heavy atom. The molecule has 0 aliphatic heterocycles. The molecule has 30 heavy (non-hydrogen) atoms. The number of aliphatic carboxylic acids is 1. The molecular weight excluding hydrogens is 378 g/mol. The van der Waals surface area contributed by atoms with Crippen molar-refractivity contribution in [1.82, 2.24) is 4.90 Å². The number of carbonyl (C=O) groups is 2. The van der Waals surface area contributed by atoms with Crippen LogP contribution in [0.25, 0.3) is 0 Å². The van der Waals surface area contributed by atoms with Gasteiger partial charge < -0.3 is 14.7 Å². The number of hydrogen-bond acceptors (Lipinski definition) is 4. The Hall–Kier alpha value is -2.66. The molecule has 5 heteroatoms. The summed E-state index contributed by atoms with van der Waals surface area (Å²) in [6.07, 6.45) is 1.26. The van der Waals surface area contributed by atoms with E-state index in [0.29, 0.717) is 32.5 Å². The minimum Gasteiger partial charge on any atom is -0.481 e. The molecule has 0 spiro atoms. The number of nitrogens with zero attached hydrogens (tertiary/aromatic N) is 1. The SMILES string of the molecule is CCOC(=O)[C@](Cc1ccccc1)(c1ccccc1)C(C)CN(C)CCCC(=O)O. The highest BCUT2D eigenvalue weighted by atomic mass is 16.5. The van der Waals surface area contributed by atoms with Crippen LogP contribution in [0.5, 0.6) is 0 Å². The van der Waals surface area contributed by atoms with Gasteiger partial charge in [-0.2, -0.15) is 0 Å². The third-order valence-electron chi connectivity index (χ3n) is 5.61. The van der Waals surface area contributed by atoms with E-state index in [1.54, 1.807) is 0 Å². The van der Waals surface area contributed by atoms with E-state index in [4.69, 9.17) is 9.84 Å². The van der Waals surface area contributed by atoms with Gasteiger partial charge >= 0.3 is 11.9 Å². The van der Waals surface area contributed by atoms with Crippen molar-refractivity contribution in [1.29, 1.82) is 0 Å². The lowest BCUT2D eigenvalue weighted by Gasteiger charge is -2.39. The van der Waals surface area contributed by atoms with Crippen LogP contribution in [0.1, 0.15) is 37.8 Å². The second-order valence-electron chi connectivity index (χ2n) is 7.88. The Balaban J connectivity index is 2.39. The van der Waals surface area contributed by atoms with Gasteiger partial charge in [-0.3, -0.25) is 9.59 Å². The molecule has 0 radical (unpaired) electrons. The van der Waals surface area contributed by atoms with E-state index in [9.17, 15) is 9.59 Å². The van der Waals surface area contributed by atoms with Crippen LogP contribution in [-0.4, -0.2) is 48.7 Å². The molecule has 2 atom stereocenters. The van der Waals surface area contributed by atoms with Gasteiger partial charge in [0.2, 0.25) is 0 Å². The molecule has 2 aromatic carbocycles. The van der Waals surface area contributed by atoms with Crippen LogP contribution < -0.4 is 0 Å². The fourth-order valence-electron chi connectivity index (χ4n) is 4.08. The average molecular weight is 412 g/mol. The van der Waals surface area contributed by atoms with Crippen LogP contribution in [-0.2, 0) is 26.2 Å². The Morgan fingerprint density at radius 1 is 1.07 bits per heavy atom. The number of rotatable bonds is 12. The van der Waals surface area contributed by atoms with Crippen molar-refractivity contribution in [3.63, 3.8) is 0 Å². The van der Waals surface area contributed by atoms with E-state index in [2.05, 4.69) is 11.8 Å². The minimum absolute atomic E-state index is 0.0472. The molecule has 0 saturated carbocycles. The zero-order chi connectivity index (χ0) is 22.0. The Bertz CT molecular complexity index is 793. The summed E-state index contributed by atoms with van der Waals surface area (Å²) in [6, 6.07) is 19.9. The summed E-state index contributed by atoms with van der Waals surface area (Å²) in [5.41, 5.74) is 1.19. The first kappa shape index (κ1) is 23.6. The molecule has 0 fully saturated rings. The number of carbonyl (C=O) groups excluding carboxylic acids is 1. The van der Waals surface area contributed by atoms with E-state index >= 15 is 0 Å². The quantitative estimate of drug-likeness (QED) is 0.531. The fraction of sp³-hybridized carbons (Fsp3) is 0.440. The van der Waals surface area contributed by atoms with Crippen LogP contribution >= 0.6 is 0 Å². The topological polar surface area (TPSA) is 66.8 Å². The summed E-state index contributed by atoms with van der Waals surface area (Å²) < 4.78 is 5.61. The van der Waals surface area contributed by atoms with Crippen molar-refractivity contribution >= 4 is 11.9 Å². The average Bonchev–Trinajstić information content (AvgIpc) is 2.73. The molecule has 0 amide bonds. The molecule has 162 valence electrons. The third-order valence-corrected chi connectivity index (χ3v) is 5.61. The molecule has 2 rings (SSSR count). The first-order valence-corrected chi connectivity index (χ1v) is 10.6. The lowest BCUT2D eigenvalue weighted by molar-refractivity contribution is -0.153. The largest absolute Gasteiger partial charge is 0.481 e. The highest BCUT2D eigenvalue weighted by Gasteiger charge is 2.46. The van der Waals surface area contributed by atoms with Gasteiger partial charge in [-0.25, -0.2) is 0 Å². The van der Waals surface area contributed by atoms with Gasteiger partial charge in [0, 0.05) is 13.0 Å². The molecular formula is C25H33NO4. The molecule has 0 saturated heterocycles. The van der Waals surface area contributed by atoms with Gasteiger partial charge in [0.15, 0.2) is 0 Å². The number of esters is 1. The predicted octanol–water partition coefficient (Wildman–Crippen LogP) is 4.16. The van der Waals surface area contributed by atoms with Gasteiger partial charge in [-0.15, -0.1) is 0 Å². The van der Waals surface area contributed by atoms with Gasteiger partial charge in [0.25, 0.3) is 0 Å². The minimum atomic E-state index is -0.834. The number of carboxylic acids is 1. The van der Waals surface area contributed by atoms with Crippen LogP contribution in [0.15, 0.2) is 60.7 Å². The van der Waals surface area contributed by atoms with E-state index in [-0.39, 0.29) is 18.3 Å². The van der Waals surface area contributed by atoms with Crippen LogP contribution in [0.2, 0.25) is 0 Å². The van der Waals surface area contributed by atoms with Gasteiger partial charge in [0.05, 0.1) is 6.61 Å². The molecule has 2 aromatic rings. The summed E-state index contributed by atoms with van der Waals surface area (Å²) in [5, 5.41) is 8.90. The zero-order valence-corrected chi connectivity index (χ0v) is 18.2. The Morgan fingerprint density at radius 3 is 2.23 bits per heavy atom. The van der Waals surface area contributed by atoms with E-state index in [0.717, 1.165) is 11.1 Å². The van der Waals surface area contributed by atoms with Crippen molar-refractivity contribution < 1.29 is 19.4 Å². The summed E-state index contributed by atoms with van der Waals surface area (Å²) in [6.45, 7) is 5.55. The van der Waals surface area contributed by atoms with Crippen molar-refractivity contribution in [3.05, 3.63) is 71.8 Å². The Kier molecular flexibility index (Phi) is 9.06. The lowest BCUT2D eigenvalue weighted by Crippen LogP contribution is -2.49. The fourth-order valence-corrected chi connectivity index (χ4v) is 4.08. The van der Waals surface area contributed by atoms with Crippen LogP contribution in [0.3, 0.4) is 0 Å². The first-order valence-electron chi connectivity index (χ1n) is 10.6. The number of carboxylic acid groups (broad SMARTS) is 1. The van der Waals surface area contributed by atoms with Gasteiger partial charge in [-0.1, -0.05) is 67.6 Å². The second-order valence-corrected chi connectivity index (χ2v) is 7.88. The standard InChI is InChI=1S/C25H33NO4/c1-4-30-24(29)25(22-14-9-6-10-15-22,18-21-12-7-5-8-13-21)20(2)19-26(3)17-11-16-23(27)28/h5-10,12-15,20H,4,11,16-19H2,1-3H3,(H,27,28)/t20?,25-/m0/s1. The van der Waals surface area contributed by atoms with Crippen molar-refractivity contribution in [2.45, 2.75) is 38.5 Å². The molecule has 5 nitrogen and oxygen atoms in total. The van der Waals surface area contributed by atoms with Crippen LogP contribution in [0.4, 0.5) is 0 Å². The first-order chi connectivity index (χ1) is 14.4. The van der Waals surface area contributed by atoms with Crippen molar-refractivity contribution in [2.75, 3.05) is 26.7 Å². The van der Waals surface area contributed by atoms with Crippen molar-refractivity contribution in [2.24, 2.45) is 5.92 Å². The lowest BCUT2D eigenvalue weighted by atomic mass is 9.67. The number of benzene rings is 2. The summed E-state index contributed by atoms with van der Waals surface area (Å²) >= 11 is 0. The van der Waals surface area contributed by atoms with Gasteiger partial charge in [0.1, 0.15) is 5.41 Å². The molecule has 0 heterocycles. The van der Waals surface area contributed by atoms with E-state index in [1.165, 1.54) is 0 Å². The van der Waals surface area contributed by atoms with Crippen molar-refractivity contribution in [3.8, 4) is 0 Å². The normalized spacial score (nSPS) is 14.1. The maximum absolute atomic E-state index is 13.5. The summed E-state index contributed by atoms with van der Waals surface area (Å²) in [4.78, 5) is 26.4. The third kappa shape index (κ3) is 6.17. The van der Waals surface area contributed by atoms with Gasteiger partial charge in [-0.05, 0) is 50.4 Å². The maximum Gasteiger partial charge on any atom is 0.317 e. The Labute approximate surface area is 179 Å². The molecule has 0 bridgehead atoms. The number of hydrogen-bond donors (Lipinski definition) is 1. The van der Waals surface area contributed by atoms with E-state index in [1.807, 2.05) is 74.6 Å². The molecule has 1 unspecified atom stereocenters. The predicted molar refractivity (Wildman–Crippen MR) is 118 cm³/mol. The molecule has 1 N–H and O–H groups in total. The van der Waals surface area contributed by atoms with E-state index < -0.39 is 11.4 Å². The monoisotopic (exact) mass is 411 g/mol. The second kappa shape index (κ2) is 11.5. The summed E-state index contributed by atoms with van der Waals surface area (Å²) in [7, 11) is 1.97. The number of ether oxygens (including phenoxy) is 1. The molecule has 0 aliphatic carbocycles. The zero-order valence-electron chi connectivity index (χ0n) is 18.2. The molecule has 0 aliphatic rings. The summed E-state index contributed by atoms with van der Waals surface area (Å²) in [5.74, 6) is -1.05. The highest BCUT2D eigenvalue weighted by Crippen LogP contribution is 2.38.